The van der Waals surface area contributed by atoms with Crippen LogP contribution in [0.2, 0.25) is 0 Å². The molecule has 1 aliphatic rings. The Labute approximate surface area is 110 Å². The van der Waals surface area contributed by atoms with Gasteiger partial charge in [-0.2, -0.15) is 0 Å². The summed E-state index contributed by atoms with van der Waals surface area (Å²) in [5.41, 5.74) is 6.97. The molecule has 2 N–H and O–H groups in total. The summed E-state index contributed by atoms with van der Waals surface area (Å²) in [7, 11) is 2.20. The molecule has 0 aliphatic carbocycles. The van der Waals surface area contributed by atoms with Gasteiger partial charge in [0.15, 0.2) is 0 Å². The van der Waals surface area contributed by atoms with Crippen LogP contribution in [-0.4, -0.2) is 31.1 Å². The number of ether oxygens (including phenoxy) is 1. The van der Waals surface area contributed by atoms with Gasteiger partial charge < -0.3 is 15.4 Å². The lowest BCUT2D eigenvalue weighted by atomic mass is 10.1. The highest BCUT2D eigenvalue weighted by Crippen LogP contribution is 2.19. The maximum absolute atomic E-state index is 5.82. The third-order valence-electron chi connectivity index (χ3n) is 3.80. The third kappa shape index (κ3) is 3.47. The fraction of sp³-hybridized carbons (Fsp3) is 0.600. The standard InChI is InChI=1S/C15H24N2O/c1-12(16)13-5-7-15(8-6-13)18-11-9-14-4-3-10-17(14)2/h5-8,12,14H,3-4,9-11,16H2,1-2H3/t12-,14?/m0/s1. The molecule has 3 heteroatoms. The lowest BCUT2D eigenvalue weighted by Crippen LogP contribution is -2.26. The number of nitrogens with two attached hydrogens (primary N) is 1. The molecule has 0 radical (unpaired) electrons. The van der Waals surface area contributed by atoms with Crippen LogP contribution in [0.25, 0.3) is 0 Å². The Morgan fingerprint density at radius 1 is 1.39 bits per heavy atom. The molecule has 18 heavy (non-hydrogen) atoms. The molecule has 1 aliphatic heterocycles. The van der Waals surface area contributed by atoms with Gasteiger partial charge in [0.2, 0.25) is 0 Å². The van der Waals surface area contributed by atoms with Gasteiger partial charge in [-0.1, -0.05) is 12.1 Å². The molecular weight excluding hydrogens is 224 g/mol. The topological polar surface area (TPSA) is 38.5 Å². The van der Waals surface area contributed by atoms with Crippen LogP contribution in [0.15, 0.2) is 24.3 Å². The van der Waals surface area contributed by atoms with Crippen LogP contribution in [0.3, 0.4) is 0 Å². The second-order valence-electron chi connectivity index (χ2n) is 5.27. The van der Waals surface area contributed by atoms with E-state index in [0.717, 1.165) is 24.3 Å². The van der Waals surface area contributed by atoms with Gasteiger partial charge in [-0.15, -0.1) is 0 Å². The molecule has 1 aromatic carbocycles. The van der Waals surface area contributed by atoms with E-state index in [-0.39, 0.29) is 6.04 Å². The fourth-order valence-corrected chi connectivity index (χ4v) is 2.52. The van der Waals surface area contributed by atoms with Gasteiger partial charge in [-0.05, 0) is 57.5 Å². The van der Waals surface area contributed by atoms with Crippen molar-refractivity contribution in [2.75, 3.05) is 20.2 Å². The molecule has 0 aromatic heterocycles. The first kappa shape index (κ1) is 13.4. The average molecular weight is 248 g/mol. The molecule has 0 spiro atoms. The summed E-state index contributed by atoms with van der Waals surface area (Å²) in [5, 5.41) is 0. The van der Waals surface area contributed by atoms with Crippen molar-refractivity contribution in [1.82, 2.24) is 4.90 Å². The van der Waals surface area contributed by atoms with E-state index in [1.165, 1.54) is 19.4 Å². The highest BCUT2D eigenvalue weighted by molar-refractivity contribution is 5.28. The number of rotatable bonds is 5. The molecule has 1 saturated heterocycles. The molecule has 1 heterocycles. The summed E-state index contributed by atoms with van der Waals surface area (Å²) < 4.78 is 5.78. The maximum Gasteiger partial charge on any atom is 0.119 e. The van der Waals surface area contributed by atoms with Crippen molar-refractivity contribution in [2.24, 2.45) is 5.73 Å². The van der Waals surface area contributed by atoms with Crippen LogP contribution in [-0.2, 0) is 0 Å². The van der Waals surface area contributed by atoms with E-state index in [0.29, 0.717) is 6.04 Å². The summed E-state index contributed by atoms with van der Waals surface area (Å²) in [6.45, 7) is 4.02. The van der Waals surface area contributed by atoms with Gasteiger partial charge in [-0.25, -0.2) is 0 Å². The number of nitrogens with zero attached hydrogens (tertiary/aromatic N) is 1. The van der Waals surface area contributed by atoms with Crippen molar-refractivity contribution >= 4 is 0 Å². The minimum Gasteiger partial charge on any atom is -0.494 e. The van der Waals surface area contributed by atoms with Gasteiger partial charge in [0.25, 0.3) is 0 Å². The number of likely N-dealkylation sites (tertiary alicyclic amines) is 1. The summed E-state index contributed by atoms with van der Waals surface area (Å²) in [6.07, 6.45) is 3.75. The Morgan fingerprint density at radius 3 is 2.67 bits per heavy atom. The van der Waals surface area contributed by atoms with E-state index in [1.54, 1.807) is 0 Å². The maximum atomic E-state index is 5.82. The van der Waals surface area contributed by atoms with Crippen LogP contribution in [0.4, 0.5) is 0 Å². The molecule has 1 aromatic rings. The smallest absolute Gasteiger partial charge is 0.119 e. The zero-order valence-corrected chi connectivity index (χ0v) is 11.4. The van der Waals surface area contributed by atoms with Crippen molar-refractivity contribution in [1.29, 1.82) is 0 Å². The summed E-state index contributed by atoms with van der Waals surface area (Å²) >= 11 is 0. The predicted octanol–water partition coefficient (Wildman–Crippen LogP) is 2.57. The van der Waals surface area contributed by atoms with Crippen molar-refractivity contribution in [2.45, 2.75) is 38.3 Å². The zero-order chi connectivity index (χ0) is 13.0. The highest BCUT2D eigenvalue weighted by Gasteiger charge is 2.20. The van der Waals surface area contributed by atoms with Crippen LogP contribution in [0.5, 0.6) is 5.75 Å². The first-order valence-electron chi connectivity index (χ1n) is 6.85. The highest BCUT2D eigenvalue weighted by atomic mass is 16.5. The fourth-order valence-electron chi connectivity index (χ4n) is 2.52. The molecule has 1 fully saturated rings. The van der Waals surface area contributed by atoms with Crippen molar-refractivity contribution in [3.8, 4) is 5.75 Å². The van der Waals surface area contributed by atoms with E-state index in [1.807, 2.05) is 31.2 Å². The van der Waals surface area contributed by atoms with Crippen LogP contribution < -0.4 is 10.5 Å². The molecule has 100 valence electrons. The third-order valence-corrected chi connectivity index (χ3v) is 3.80. The van der Waals surface area contributed by atoms with Gasteiger partial charge >= 0.3 is 0 Å². The van der Waals surface area contributed by atoms with Gasteiger partial charge in [0.05, 0.1) is 6.61 Å². The molecule has 0 bridgehead atoms. The van der Waals surface area contributed by atoms with Crippen molar-refractivity contribution < 1.29 is 4.74 Å². The molecule has 2 rings (SSSR count). The van der Waals surface area contributed by atoms with E-state index < -0.39 is 0 Å². The molecular formula is C15H24N2O. The van der Waals surface area contributed by atoms with Gasteiger partial charge in [0, 0.05) is 12.1 Å². The Morgan fingerprint density at radius 2 is 2.11 bits per heavy atom. The number of hydrogen-bond acceptors (Lipinski definition) is 3. The monoisotopic (exact) mass is 248 g/mol. The van der Waals surface area contributed by atoms with E-state index in [4.69, 9.17) is 10.5 Å². The SMILES string of the molecule is C[C@H](N)c1ccc(OCCC2CCCN2C)cc1. The Bertz CT molecular complexity index is 361. The van der Waals surface area contributed by atoms with Crippen molar-refractivity contribution in [3.63, 3.8) is 0 Å². The lowest BCUT2D eigenvalue weighted by molar-refractivity contribution is 0.233. The second kappa shape index (κ2) is 6.21. The lowest BCUT2D eigenvalue weighted by Gasteiger charge is -2.19. The van der Waals surface area contributed by atoms with Gasteiger partial charge in [0.1, 0.15) is 5.75 Å². The second-order valence-corrected chi connectivity index (χ2v) is 5.27. The van der Waals surface area contributed by atoms with Crippen LogP contribution in [0, 0.1) is 0 Å². The van der Waals surface area contributed by atoms with Crippen LogP contribution in [0.1, 0.15) is 37.8 Å². The van der Waals surface area contributed by atoms with E-state index >= 15 is 0 Å². The van der Waals surface area contributed by atoms with Crippen LogP contribution >= 0.6 is 0 Å². The minimum absolute atomic E-state index is 0.0891. The first-order chi connectivity index (χ1) is 8.66. The zero-order valence-electron chi connectivity index (χ0n) is 11.4. The molecule has 0 amide bonds. The first-order valence-corrected chi connectivity index (χ1v) is 6.85. The number of hydrogen-bond donors (Lipinski definition) is 1. The molecule has 1 unspecified atom stereocenters. The quantitative estimate of drug-likeness (QED) is 0.870. The Balaban J connectivity index is 1.76. The predicted molar refractivity (Wildman–Crippen MR) is 74.8 cm³/mol. The largest absolute Gasteiger partial charge is 0.494 e. The van der Waals surface area contributed by atoms with Crippen molar-refractivity contribution in [3.05, 3.63) is 29.8 Å². The van der Waals surface area contributed by atoms with E-state index in [2.05, 4.69) is 11.9 Å². The average Bonchev–Trinajstić information content (AvgIpc) is 2.76. The summed E-state index contributed by atoms with van der Waals surface area (Å²) in [5.74, 6) is 0.944. The molecule has 0 saturated carbocycles. The summed E-state index contributed by atoms with van der Waals surface area (Å²) in [6, 6.07) is 8.90. The Kier molecular flexibility index (Phi) is 4.61. The normalized spacial score (nSPS) is 22.1. The van der Waals surface area contributed by atoms with Gasteiger partial charge in [-0.3, -0.25) is 0 Å². The van der Waals surface area contributed by atoms with E-state index in [9.17, 15) is 0 Å². The minimum atomic E-state index is 0.0891. The summed E-state index contributed by atoms with van der Waals surface area (Å²) in [4.78, 5) is 2.43. The molecule has 3 nitrogen and oxygen atoms in total. The molecule has 2 atom stereocenters. The number of benzene rings is 1. The Hall–Kier alpha value is -1.06.